The highest BCUT2D eigenvalue weighted by molar-refractivity contribution is 5.69. The normalized spacial score (nSPS) is 28.1. The molecule has 2 aliphatic carbocycles. The number of hydrogen-bond donors (Lipinski definition) is 0. The molecular weight excluding hydrogens is 318 g/mol. The van der Waals surface area contributed by atoms with Gasteiger partial charge in [-0.05, 0) is 50.3 Å². The van der Waals surface area contributed by atoms with Crippen LogP contribution in [0.4, 0.5) is 4.79 Å². The van der Waals surface area contributed by atoms with Crippen molar-refractivity contribution in [3.8, 4) is 11.5 Å². The van der Waals surface area contributed by atoms with Crippen LogP contribution >= 0.6 is 0 Å². The van der Waals surface area contributed by atoms with Gasteiger partial charge in [0.15, 0.2) is 11.5 Å². The van der Waals surface area contributed by atoms with Crippen molar-refractivity contribution in [2.75, 3.05) is 20.3 Å². The molecule has 1 unspecified atom stereocenters. The Hall–Kier alpha value is -2.17. The fourth-order valence-electron chi connectivity index (χ4n) is 4.77. The Labute approximate surface area is 148 Å². The van der Waals surface area contributed by atoms with Gasteiger partial charge in [-0.1, -0.05) is 12.1 Å². The van der Waals surface area contributed by atoms with Gasteiger partial charge in [0.2, 0.25) is 0 Å². The van der Waals surface area contributed by atoms with Gasteiger partial charge in [0.05, 0.1) is 13.7 Å². The van der Waals surface area contributed by atoms with Crippen LogP contribution in [0, 0.1) is 5.92 Å². The SMILES string of the molecule is CCOC(=O)N(CC)[C@@H]1Cc2ccc(OC)c3c2C2[C@H](C=CC[C@H]21)O3. The van der Waals surface area contributed by atoms with E-state index in [-0.39, 0.29) is 24.2 Å². The Morgan fingerprint density at radius 1 is 1.36 bits per heavy atom. The molecule has 4 atom stereocenters. The maximum absolute atomic E-state index is 12.5. The Balaban J connectivity index is 1.77. The first-order valence-corrected chi connectivity index (χ1v) is 9.16. The number of amides is 1. The van der Waals surface area contributed by atoms with Crippen molar-refractivity contribution >= 4 is 6.09 Å². The van der Waals surface area contributed by atoms with Crippen LogP contribution in [0.3, 0.4) is 0 Å². The van der Waals surface area contributed by atoms with E-state index in [1.165, 1.54) is 11.1 Å². The number of allylic oxidation sites excluding steroid dienone is 1. The van der Waals surface area contributed by atoms with Crippen LogP contribution in [-0.4, -0.2) is 43.4 Å². The number of likely N-dealkylation sites (N-methyl/N-ethyl adjacent to an activating group) is 1. The highest BCUT2D eigenvalue weighted by Gasteiger charge is 2.50. The Kier molecular flexibility index (Phi) is 4.10. The summed E-state index contributed by atoms with van der Waals surface area (Å²) in [5.41, 5.74) is 2.55. The van der Waals surface area contributed by atoms with Crippen LogP contribution in [0.1, 0.15) is 37.3 Å². The summed E-state index contributed by atoms with van der Waals surface area (Å²) in [6.45, 7) is 4.93. The second kappa shape index (κ2) is 6.28. The van der Waals surface area contributed by atoms with Gasteiger partial charge in [0.1, 0.15) is 6.10 Å². The fourth-order valence-corrected chi connectivity index (χ4v) is 4.77. The summed E-state index contributed by atoms with van der Waals surface area (Å²) < 4.78 is 17.1. The van der Waals surface area contributed by atoms with Gasteiger partial charge in [-0.25, -0.2) is 4.79 Å². The van der Waals surface area contributed by atoms with Crippen LogP contribution in [0.15, 0.2) is 24.3 Å². The molecule has 4 rings (SSSR count). The van der Waals surface area contributed by atoms with Crippen molar-refractivity contribution in [1.29, 1.82) is 0 Å². The first-order valence-electron chi connectivity index (χ1n) is 9.16. The van der Waals surface area contributed by atoms with Crippen molar-refractivity contribution in [3.63, 3.8) is 0 Å². The van der Waals surface area contributed by atoms with E-state index in [0.29, 0.717) is 19.1 Å². The third kappa shape index (κ3) is 2.40. The molecule has 3 aliphatic rings. The molecule has 0 bridgehead atoms. The van der Waals surface area contributed by atoms with Crippen molar-refractivity contribution < 1.29 is 19.0 Å². The van der Waals surface area contributed by atoms with Gasteiger partial charge in [0, 0.05) is 24.1 Å². The fraction of sp³-hybridized carbons (Fsp3) is 0.550. The lowest BCUT2D eigenvalue weighted by Crippen LogP contribution is -2.51. The number of benzene rings is 1. The van der Waals surface area contributed by atoms with E-state index in [1.54, 1.807) is 7.11 Å². The van der Waals surface area contributed by atoms with E-state index in [4.69, 9.17) is 14.2 Å². The zero-order chi connectivity index (χ0) is 17.6. The second-order valence-electron chi connectivity index (χ2n) is 6.86. The quantitative estimate of drug-likeness (QED) is 0.785. The summed E-state index contributed by atoms with van der Waals surface area (Å²) in [5, 5.41) is 0. The highest BCUT2D eigenvalue weighted by Crippen LogP contribution is 2.55. The minimum absolute atomic E-state index is 0.0347. The molecule has 1 aromatic carbocycles. The van der Waals surface area contributed by atoms with Gasteiger partial charge < -0.3 is 19.1 Å². The van der Waals surface area contributed by atoms with Crippen LogP contribution in [-0.2, 0) is 11.2 Å². The molecule has 0 radical (unpaired) electrons. The first-order chi connectivity index (χ1) is 12.2. The molecule has 0 N–H and O–H groups in total. The Morgan fingerprint density at radius 3 is 2.92 bits per heavy atom. The van der Waals surface area contributed by atoms with Crippen LogP contribution in [0.25, 0.3) is 0 Å². The van der Waals surface area contributed by atoms with E-state index < -0.39 is 0 Å². The van der Waals surface area contributed by atoms with Gasteiger partial charge in [-0.3, -0.25) is 0 Å². The van der Waals surface area contributed by atoms with Crippen molar-refractivity contribution in [3.05, 3.63) is 35.4 Å². The monoisotopic (exact) mass is 343 g/mol. The van der Waals surface area contributed by atoms with E-state index in [9.17, 15) is 4.79 Å². The minimum Gasteiger partial charge on any atom is -0.493 e. The minimum atomic E-state index is -0.211. The lowest BCUT2D eigenvalue weighted by Gasteiger charge is -2.44. The van der Waals surface area contributed by atoms with Gasteiger partial charge >= 0.3 is 6.09 Å². The smallest absolute Gasteiger partial charge is 0.410 e. The molecule has 1 heterocycles. The molecular formula is C20H25NO4. The molecule has 0 fully saturated rings. The highest BCUT2D eigenvalue weighted by atomic mass is 16.6. The number of rotatable bonds is 4. The summed E-state index contributed by atoms with van der Waals surface area (Å²) >= 11 is 0. The predicted molar refractivity (Wildman–Crippen MR) is 94.3 cm³/mol. The zero-order valence-corrected chi connectivity index (χ0v) is 15.0. The maximum Gasteiger partial charge on any atom is 0.410 e. The van der Waals surface area contributed by atoms with Crippen LogP contribution < -0.4 is 9.47 Å². The van der Waals surface area contributed by atoms with E-state index in [0.717, 1.165) is 24.3 Å². The molecule has 5 heteroatoms. The lowest BCUT2D eigenvalue weighted by molar-refractivity contribution is 0.0617. The van der Waals surface area contributed by atoms with Crippen molar-refractivity contribution in [2.24, 2.45) is 5.92 Å². The Bertz CT molecular complexity index is 714. The number of carbonyl (C=O) groups is 1. The lowest BCUT2D eigenvalue weighted by atomic mass is 9.67. The zero-order valence-electron chi connectivity index (χ0n) is 15.0. The second-order valence-corrected chi connectivity index (χ2v) is 6.86. The Morgan fingerprint density at radius 2 is 2.20 bits per heavy atom. The molecule has 1 amide bonds. The van der Waals surface area contributed by atoms with Gasteiger partial charge in [-0.15, -0.1) is 0 Å². The van der Waals surface area contributed by atoms with Gasteiger partial charge in [-0.2, -0.15) is 0 Å². The average molecular weight is 343 g/mol. The van der Waals surface area contributed by atoms with Crippen LogP contribution in [0.5, 0.6) is 11.5 Å². The predicted octanol–water partition coefficient (Wildman–Crippen LogP) is 3.52. The number of hydrogen-bond acceptors (Lipinski definition) is 4. The standard InChI is InChI=1S/C20H25NO4/c1-4-21(20(22)24-5-2)14-11-12-9-10-16(23-3)19-17(12)18-13(14)7-6-8-15(18)25-19/h6,8-10,13-15,18H,4-5,7,11H2,1-3H3/t13-,14+,15-,18?/m0/s1. The average Bonchev–Trinajstić information content (AvgIpc) is 3.02. The summed E-state index contributed by atoms with van der Waals surface area (Å²) in [4.78, 5) is 14.4. The van der Waals surface area contributed by atoms with Crippen molar-refractivity contribution in [2.45, 2.75) is 44.8 Å². The maximum atomic E-state index is 12.5. The molecule has 0 saturated heterocycles. The largest absolute Gasteiger partial charge is 0.493 e. The molecule has 0 saturated carbocycles. The topological polar surface area (TPSA) is 48.0 Å². The third-order valence-electron chi connectivity index (χ3n) is 5.77. The molecule has 5 nitrogen and oxygen atoms in total. The van der Waals surface area contributed by atoms with E-state index >= 15 is 0 Å². The van der Waals surface area contributed by atoms with E-state index in [1.807, 2.05) is 24.8 Å². The van der Waals surface area contributed by atoms with Crippen molar-refractivity contribution in [1.82, 2.24) is 4.90 Å². The molecule has 134 valence electrons. The summed E-state index contributed by atoms with van der Waals surface area (Å²) in [6, 6.07) is 4.24. The molecule has 1 aliphatic heterocycles. The molecule has 1 aromatic rings. The molecule has 0 aromatic heterocycles. The van der Waals surface area contributed by atoms with E-state index in [2.05, 4.69) is 18.2 Å². The van der Waals surface area contributed by atoms with Crippen LogP contribution in [0.2, 0.25) is 0 Å². The summed E-state index contributed by atoms with van der Waals surface area (Å²) in [7, 11) is 1.68. The number of nitrogens with zero attached hydrogens (tertiary/aromatic N) is 1. The van der Waals surface area contributed by atoms with Gasteiger partial charge in [0.25, 0.3) is 0 Å². The number of carbonyl (C=O) groups excluding carboxylic acids is 1. The molecule has 0 spiro atoms. The number of ether oxygens (including phenoxy) is 3. The number of methoxy groups -OCH3 is 1. The first kappa shape index (κ1) is 16.3. The summed E-state index contributed by atoms with van der Waals surface area (Å²) in [6.07, 6.45) is 5.98. The molecule has 25 heavy (non-hydrogen) atoms. The third-order valence-corrected chi connectivity index (χ3v) is 5.77. The summed E-state index contributed by atoms with van der Waals surface area (Å²) in [5.74, 6) is 2.33.